The fraction of sp³-hybridized carbons (Fsp3) is 0.222. The molecule has 4 nitrogen and oxygen atoms in total. The average Bonchev–Trinajstić information content (AvgIpc) is 2.54. The van der Waals surface area contributed by atoms with Crippen molar-refractivity contribution in [2.75, 3.05) is 12.4 Å². The van der Waals surface area contributed by atoms with Crippen LogP contribution in [0.3, 0.4) is 0 Å². The van der Waals surface area contributed by atoms with Gasteiger partial charge in [-0.15, -0.1) is 0 Å². The Kier molecular flexibility index (Phi) is 5.77. The minimum absolute atomic E-state index is 0.0687. The van der Waals surface area contributed by atoms with Gasteiger partial charge in [-0.1, -0.05) is 23.7 Å². The molecule has 0 bridgehead atoms. The number of anilines is 1. The number of carbonyl (C=O) groups is 2. The highest BCUT2D eigenvalue weighted by Crippen LogP contribution is 2.18. The van der Waals surface area contributed by atoms with Crippen LogP contribution in [0.4, 0.5) is 5.69 Å². The van der Waals surface area contributed by atoms with E-state index < -0.39 is 0 Å². The molecule has 0 unspecified atom stereocenters. The van der Waals surface area contributed by atoms with Gasteiger partial charge >= 0.3 is 0 Å². The van der Waals surface area contributed by atoms with Crippen LogP contribution in [0.2, 0.25) is 5.02 Å². The molecule has 2 N–H and O–H groups in total. The molecule has 0 aliphatic carbocycles. The Labute approximate surface area is 140 Å². The van der Waals surface area contributed by atoms with Gasteiger partial charge in [0.15, 0.2) is 0 Å². The summed E-state index contributed by atoms with van der Waals surface area (Å²) in [6.45, 7) is 1.86. The lowest BCUT2D eigenvalue weighted by atomic mass is 10.1. The van der Waals surface area contributed by atoms with E-state index in [1.54, 1.807) is 25.2 Å². The van der Waals surface area contributed by atoms with Gasteiger partial charge in [-0.25, -0.2) is 0 Å². The summed E-state index contributed by atoms with van der Waals surface area (Å²) < 4.78 is 0. The Hall–Kier alpha value is -2.33. The number of carbonyl (C=O) groups excluding carboxylic acids is 2. The van der Waals surface area contributed by atoms with E-state index in [1.807, 2.05) is 31.2 Å². The highest BCUT2D eigenvalue weighted by atomic mass is 35.5. The maximum atomic E-state index is 12.1. The molecule has 0 saturated carbocycles. The minimum Gasteiger partial charge on any atom is -0.355 e. The molecule has 120 valence electrons. The van der Waals surface area contributed by atoms with Crippen LogP contribution in [0.25, 0.3) is 0 Å². The van der Waals surface area contributed by atoms with Crippen molar-refractivity contribution in [3.8, 4) is 0 Å². The van der Waals surface area contributed by atoms with E-state index in [2.05, 4.69) is 10.6 Å². The van der Waals surface area contributed by atoms with Crippen molar-refractivity contribution in [3.63, 3.8) is 0 Å². The quantitative estimate of drug-likeness (QED) is 0.880. The normalized spacial score (nSPS) is 10.2. The van der Waals surface area contributed by atoms with E-state index in [0.717, 1.165) is 11.1 Å². The standard InChI is InChI=1S/C18H19ClN2O2/c1-12-10-14(18(23)20-2)7-8-16(12)21-17(22)9-6-13-4-3-5-15(19)11-13/h3-5,7-8,10-11H,6,9H2,1-2H3,(H,20,23)(H,21,22). The molecule has 0 radical (unpaired) electrons. The Morgan fingerprint density at radius 1 is 1.13 bits per heavy atom. The number of amides is 2. The molecule has 0 fully saturated rings. The molecule has 2 aromatic carbocycles. The summed E-state index contributed by atoms with van der Waals surface area (Å²) in [4.78, 5) is 23.7. The molecule has 0 heterocycles. The highest BCUT2D eigenvalue weighted by Gasteiger charge is 2.09. The second kappa shape index (κ2) is 7.79. The van der Waals surface area contributed by atoms with Crippen LogP contribution in [-0.2, 0) is 11.2 Å². The number of aryl methyl sites for hydroxylation is 2. The van der Waals surface area contributed by atoms with Crippen molar-refractivity contribution in [3.05, 3.63) is 64.2 Å². The molecule has 0 aliphatic heterocycles. The number of benzene rings is 2. The zero-order valence-corrected chi connectivity index (χ0v) is 13.9. The Morgan fingerprint density at radius 2 is 1.91 bits per heavy atom. The topological polar surface area (TPSA) is 58.2 Å². The third-order valence-corrected chi connectivity index (χ3v) is 3.75. The first kappa shape index (κ1) is 17.0. The maximum absolute atomic E-state index is 12.1. The van der Waals surface area contributed by atoms with Gasteiger partial charge in [-0.2, -0.15) is 0 Å². The van der Waals surface area contributed by atoms with Gasteiger partial charge in [-0.05, 0) is 54.8 Å². The predicted octanol–water partition coefficient (Wildman–Crippen LogP) is 3.58. The molecule has 2 rings (SSSR count). The summed E-state index contributed by atoms with van der Waals surface area (Å²) in [5.41, 5.74) is 3.16. The van der Waals surface area contributed by atoms with E-state index in [1.165, 1.54) is 0 Å². The summed E-state index contributed by atoms with van der Waals surface area (Å²) in [5, 5.41) is 6.12. The first-order valence-electron chi connectivity index (χ1n) is 7.36. The fourth-order valence-electron chi connectivity index (χ4n) is 2.25. The first-order valence-corrected chi connectivity index (χ1v) is 7.74. The molecule has 5 heteroatoms. The van der Waals surface area contributed by atoms with Gasteiger partial charge in [-0.3, -0.25) is 9.59 Å². The van der Waals surface area contributed by atoms with Crippen LogP contribution in [0, 0.1) is 6.92 Å². The van der Waals surface area contributed by atoms with Crippen LogP contribution < -0.4 is 10.6 Å². The summed E-state index contributed by atoms with van der Waals surface area (Å²) in [6.07, 6.45) is 0.999. The molecule has 2 aromatic rings. The van der Waals surface area contributed by atoms with E-state index >= 15 is 0 Å². The van der Waals surface area contributed by atoms with Crippen molar-refractivity contribution < 1.29 is 9.59 Å². The second-order valence-electron chi connectivity index (χ2n) is 5.29. The SMILES string of the molecule is CNC(=O)c1ccc(NC(=O)CCc2cccc(Cl)c2)c(C)c1. The van der Waals surface area contributed by atoms with Gasteiger partial charge in [0.2, 0.25) is 5.91 Å². The Morgan fingerprint density at radius 3 is 2.57 bits per heavy atom. The number of nitrogens with one attached hydrogen (secondary N) is 2. The van der Waals surface area contributed by atoms with Crippen molar-refractivity contribution >= 4 is 29.1 Å². The Bertz CT molecular complexity index is 729. The van der Waals surface area contributed by atoms with E-state index in [0.29, 0.717) is 29.1 Å². The third kappa shape index (κ3) is 4.83. The Balaban J connectivity index is 1.96. The van der Waals surface area contributed by atoms with Gasteiger partial charge in [0.25, 0.3) is 5.91 Å². The number of halogens is 1. The number of hydrogen-bond donors (Lipinski definition) is 2. The average molecular weight is 331 g/mol. The van der Waals surface area contributed by atoms with E-state index in [-0.39, 0.29) is 11.8 Å². The minimum atomic E-state index is -0.146. The summed E-state index contributed by atoms with van der Waals surface area (Å²) in [6, 6.07) is 12.7. The predicted molar refractivity (Wildman–Crippen MR) is 93.0 cm³/mol. The van der Waals surface area contributed by atoms with Crippen molar-refractivity contribution in [2.24, 2.45) is 0 Å². The number of hydrogen-bond acceptors (Lipinski definition) is 2. The highest BCUT2D eigenvalue weighted by molar-refractivity contribution is 6.30. The van der Waals surface area contributed by atoms with Crippen LogP contribution in [0.15, 0.2) is 42.5 Å². The smallest absolute Gasteiger partial charge is 0.251 e. The summed E-state index contributed by atoms with van der Waals surface area (Å²) >= 11 is 5.93. The lowest BCUT2D eigenvalue weighted by molar-refractivity contribution is -0.116. The van der Waals surface area contributed by atoms with Crippen molar-refractivity contribution in [2.45, 2.75) is 19.8 Å². The zero-order chi connectivity index (χ0) is 16.8. The van der Waals surface area contributed by atoms with Gasteiger partial charge < -0.3 is 10.6 Å². The molecule has 0 saturated heterocycles. The summed E-state index contributed by atoms with van der Waals surface area (Å²) in [5.74, 6) is -0.215. The lowest BCUT2D eigenvalue weighted by Gasteiger charge is -2.10. The van der Waals surface area contributed by atoms with Gasteiger partial charge in [0, 0.05) is 29.7 Å². The fourth-order valence-corrected chi connectivity index (χ4v) is 2.47. The largest absolute Gasteiger partial charge is 0.355 e. The van der Waals surface area contributed by atoms with Crippen molar-refractivity contribution in [1.29, 1.82) is 0 Å². The first-order chi connectivity index (χ1) is 11.0. The van der Waals surface area contributed by atoms with Crippen LogP contribution in [0.5, 0.6) is 0 Å². The monoisotopic (exact) mass is 330 g/mol. The maximum Gasteiger partial charge on any atom is 0.251 e. The summed E-state index contributed by atoms with van der Waals surface area (Å²) in [7, 11) is 1.59. The lowest BCUT2D eigenvalue weighted by Crippen LogP contribution is -2.18. The molecule has 0 spiro atoms. The van der Waals surface area contributed by atoms with E-state index in [9.17, 15) is 9.59 Å². The second-order valence-corrected chi connectivity index (χ2v) is 5.72. The van der Waals surface area contributed by atoms with Gasteiger partial charge in [0.1, 0.15) is 0 Å². The van der Waals surface area contributed by atoms with Crippen LogP contribution in [0.1, 0.15) is 27.9 Å². The van der Waals surface area contributed by atoms with Crippen molar-refractivity contribution in [1.82, 2.24) is 5.32 Å². The molecule has 0 aliphatic rings. The van der Waals surface area contributed by atoms with Gasteiger partial charge in [0.05, 0.1) is 0 Å². The van der Waals surface area contributed by atoms with Crippen LogP contribution >= 0.6 is 11.6 Å². The molecular weight excluding hydrogens is 312 g/mol. The molecule has 0 aromatic heterocycles. The third-order valence-electron chi connectivity index (χ3n) is 3.52. The van der Waals surface area contributed by atoms with E-state index in [4.69, 9.17) is 11.6 Å². The zero-order valence-electron chi connectivity index (χ0n) is 13.2. The molecule has 23 heavy (non-hydrogen) atoms. The number of rotatable bonds is 5. The molecule has 2 amide bonds. The van der Waals surface area contributed by atoms with Crippen LogP contribution in [-0.4, -0.2) is 18.9 Å². The molecule has 0 atom stereocenters. The molecular formula is C18H19ClN2O2.